The van der Waals surface area contributed by atoms with Gasteiger partial charge in [-0.3, -0.25) is 4.79 Å². The van der Waals surface area contributed by atoms with Crippen molar-refractivity contribution in [3.63, 3.8) is 0 Å². The molecule has 24 heavy (non-hydrogen) atoms. The van der Waals surface area contributed by atoms with Crippen LogP contribution in [0.1, 0.15) is 30.1 Å². The number of nitrogens with zero attached hydrogens (tertiary/aromatic N) is 2. The lowest BCUT2D eigenvalue weighted by Gasteiger charge is -2.36. The van der Waals surface area contributed by atoms with Crippen LogP contribution in [0.25, 0.3) is 0 Å². The summed E-state index contributed by atoms with van der Waals surface area (Å²) in [5.41, 5.74) is 0.623. The first-order chi connectivity index (χ1) is 11.6. The van der Waals surface area contributed by atoms with Gasteiger partial charge in [-0.15, -0.1) is 0 Å². The van der Waals surface area contributed by atoms with E-state index in [4.69, 9.17) is 9.47 Å². The molecule has 0 radical (unpaired) electrons. The first kappa shape index (κ1) is 18.3. The van der Waals surface area contributed by atoms with Crippen LogP contribution in [0.2, 0.25) is 0 Å². The Hall–Kier alpha value is -2.01. The molecule has 1 heterocycles. The standard InChI is InChI=1S/C19H28N2O3/c1-5-13-24-17-8-7-15(14-18(17)23-4)19(22)20(3)16-9-11-21(6-2)12-10-16/h5,7-8,14,16H,1,6,9-13H2,2-4H3. The van der Waals surface area contributed by atoms with Gasteiger partial charge in [0.25, 0.3) is 5.91 Å². The summed E-state index contributed by atoms with van der Waals surface area (Å²) in [4.78, 5) is 17.1. The van der Waals surface area contributed by atoms with E-state index in [0.717, 1.165) is 32.5 Å². The molecule has 0 unspecified atom stereocenters. The Kier molecular flexibility index (Phi) is 6.67. The van der Waals surface area contributed by atoms with Gasteiger partial charge < -0.3 is 19.3 Å². The number of methoxy groups -OCH3 is 1. The maximum Gasteiger partial charge on any atom is 0.253 e. The number of benzene rings is 1. The van der Waals surface area contributed by atoms with E-state index in [0.29, 0.717) is 29.7 Å². The fourth-order valence-corrected chi connectivity index (χ4v) is 3.06. The van der Waals surface area contributed by atoms with Gasteiger partial charge in [0.15, 0.2) is 11.5 Å². The van der Waals surface area contributed by atoms with E-state index in [2.05, 4.69) is 18.4 Å². The average molecular weight is 332 g/mol. The summed E-state index contributed by atoms with van der Waals surface area (Å²) in [6.07, 6.45) is 3.72. The number of piperidine rings is 1. The summed E-state index contributed by atoms with van der Waals surface area (Å²) in [5, 5.41) is 0. The second-order valence-electron chi connectivity index (χ2n) is 6.05. The molecule has 5 heteroatoms. The van der Waals surface area contributed by atoms with Crippen LogP contribution in [0.15, 0.2) is 30.9 Å². The van der Waals surface area contributed by atoms with Crippen LogP contribution in [0.5, 0.6) is 11.5 Å². The van der Waals surface area contributed by atoms with Crippen LogP contribution >= 0.6 is 0 Å². The largest absolute Gasteiger partial charge is 0.493 e. The molecule has 1 amide bonds. The van der Waals surface area contributed by atoms with Crippen LogP contribution in [0, 0.1) is 0 Å². The van der Waals surface area contributed by atoms with Crippen LogP contribution in [-0.2, 0) is 0 Å². The quantitative estimate of drug-likeness (QED) is 0.720. The van der Waals surface area contributed by atoms with E-state index in [1.165, 1.54) is 0 Å². The summed E-state index contributed by atoms with van der Waals surface area (Å²) in [5.74, 6) is 1.21. The molecule has 0 spiro atoms. The van der Waals surface area contributed by atoms with Gasteiger partial charge in [0.2, 0.25) is 0 Å². The summed E-state index contributed by atoms with van der Waals surface area (Å²) in [7, 11) is 3.47. The van der Waals surface area contributed by atoms with Crippen molar-refractivity contribution < 1.29 is 14.3 Å². The van der Waals surface area contributed by atoms with Crippen molar-refractivity contribution in [3.05, 3.63) is 36.4 Å². The number of rotatable bonds is 7. The third kappa shape index (κ3) is 4.29. The molecule has 2 rings (SSSR count). The second-order valence-corrected chi connectivity index (χ2v) is 6.05. The Morgan fingerprint density at radius 3 is 2.67 bits per heavy atom. The molecule has 5 nitrogen and oxygen atoms in total. The molecule has 1 fully saturated rings. The number of amides is 1. The zero-order valence-corrected chi connectivity index (χ0v) is 15.0. The van der Waals surface area contributed by atoms with Crippen LogP contribution in [0.4, 0.5) is 0 Å². The van der Waals surface area contributed by atoms with E-state index in [9.17, 15) is 4.79 Å². The highest BCUT2D eigenvalue weighted by molar-refractivity contribution is 5.95. The van der Waals surface area contributed by atoms with Crippen LogP contribution in [-0.4, -0.2) is 62.1 Å². The third-order valence-electron chi connectivity index (χ3n) is 4.64. The third-order valence-corrected chi connectivity index (χ3v) is 4.64. The van der Waals surface area contributed by atoms with Crippen molar-refractivity contribution in [1.29, 1.82) is 0 Å². The van der Waals surface area contributed by atoms with Gasteiger partial charge in [0, 0.05) is 31.7 Å². The number of hydrogen-bond acceptors (Lipinski definition) is 4. The smallest absolute Gasteiger partial charge is 0.253 e. The predicted octanol–water partition coefficient (Wildman–Crippen LogP) is 2.82. The minimum Gasteiger partial charge on any atom is -0.493 e. The summed E-state index contributed by atoms with van der Waals surface area (Å²) < 4.78 is 10.9. The maximum absolute atomic E-state index is 12.8. The second kappa shape index (κ2) is 8.73. The molecule has 0 aliphatic carbocycles. The van der Waals surface area contributed by atoms with Crippen molar-refractivity contribution in [3.8, 4) is 11.5 Å². The molecule has 0 bridgehead atoms. The van der Waals surface area contributed by atoms with Gasteiger partial charge >= 0.3 is 0 Å². The van der Waals surface area contributed by atoms with Crippen LogP contribution in [0.3, 0.4) is 0 Å². The molecule has 1 aliphatic heterocycles. The first-order valence-corrected chi connectivity index (χ1v) is 8.52. The molecule has 0 aromatic heterocycles. The molecule has 0 saturated carbocycles. The average Bonchev–Trinajstić information content (AvgIpc) is 2.65. The molecule has 1 aliphatic rings. The first-order valence-electron chi connectivity index (χ1n) is 8.52. The Morgan fingerprint density at radius 1 is 1.38 bits per heavy atom. The normalized spacial score (nSPS) is 15.8. The minimum atomic E-state index is 0.0264. The number of carbonyl (C=O) groups excluding carboxylic acids is 1. The maximum atomic E-state index is 12.8. The zero-order chi connectivity index (χ0) is 17.5. The molecular weight excluding hydrogens is 304 g/mol. The summed E-state index contributed by atoms with van der Waals surface area (Å²) >= 11 is 0. The highest BCUT2D eigenvalue weighted by Crippen LogP contribution is 2.29. The zero-order valence-electron chi connectivity index (χ0n) is 15.0. The SMILES string of the molecule is C=CCOc1ccc(C(=O)N(C)C2CCN(CC)CC2)cc1OC. The molecule has 1 saturated heterocycles. The number of carbonyl (C=O) groups is 1. The highest BCUT2D eigenvalue weighted by atomic mass is 16.5. The number of ether oxygens (including phenoxy) is 2. The fourth-order valence-electron chi connectivity index (χ4n) is 3.06. The van der Waals surface area contributed by atoms with Gasteiger partial charge in [-0.1, -0.05) is 19.6 Å². The predicted molar refractivity (Wildman–Crippen MR) is 95.9 cm³/mol. The summed E-state index contributed by atoms with van der Waals surface area (Å²) in [6.45, 7) is 9.39. The molecule has 132 valence electrons. The van der Waals surface area contributed by atoms with Gasteiger partial charge in [0.1, 0.15) is 6.61 Å². The van der Waals surface area contributed by atoms with E-state index in [-0.39, 0.29) is 5.91 Å². The van der Waals surface area contributed by atoms with E-state index in [1.54, 1.807) is 31.4 Å². The number of likely N-dealkylation sites (tertiary alicyclic amines) is 1. The Labute approximate surface area is 144 Å². The Bertz CT molecular complexity index is 566. The van der Waals surface area contributed by atoms with Gasteiger partial charge in [0.05, 0.1) is 7.11 Å². The Morgan fingerprint density at radius 2 is 2.08 bits per heavy atom. The van der Waals surface area contributed by atoms with E-state index >= 15 is 0 Å². The van der Waals surface area contributed by atoms with Crippen molar-refractivity contribution in [1.82, 2.24) is 9.80 Å². The van der Waals surface area contributed by atoms with E-state index in [1.807, 2.05) is 11.9 Å². The lowest BCUT2D eigenvalue weighted by atomic mass is 10.0. The van der Waals surface area contributed by atoms with Crippen LogP contribution < -0.4 is 9.47 Å². The monoisotopic (exact) mass is 332 g/mol. The lowest BCUT2D eigenvalue weighted by molar-refractivity contribution is 0.0646. The van der Waals surface area contributed by atoms with Crippen molar-refractivity contribution in [2.45, 2.75) is 25.8 Å². The van der Waals surface area contributed by atoms with Gasteiger partial charge in [-0.2, -0.15) is 0 Å². The van der Waals surface area contributed by atoms with Gasteiger partial charge in [-0.25, -0.2) is 0 Å². The summed E-state index contributed by atoms with van der Waals surface area (Å²) in [6, 6.07) is 5.62. The fraction of sp³-hybridized carbons (Fsp3) is 0.526. The van der Waals surface area contributed by atoms with E-state index < -0.39 is 0 Å². The molecule has 0 N–H and O–H groups in total. The van der Waals surface area contributed by atoms with Crippen molar-refractivity contribution in [2.75, 3.05) is 40.4 Å². The Balaban J connectivity index is 2.07. The van der Waals surface area contributed by atoms with Gasteiger partial charge in [-0.05, 0) is 37.6 Å². The number of hydrogen-bond donors (Lipinski definition) is 0. The lowest BCUT2D eigenvalue weighted by Crippen LogP contribution is -2.45. The van der Waals surface area contributed by atoms with Crippen molar-refractivity contribution in [2.24, 2.45) is 0 Å². The van der Waals surface area contributed by atoms with Crippen molar-refractivity contribution >= 4 is 5.91 Å². The topological polar surface area (TPSA) is 42.0 Å². The highest BCUT2D eigenvalue weighted by Gasteiger charge is 2.25. The molecule has 1 aromatic carbocycles. The molecular formula is C19H28N2O3. The molecule has 0 atom stereocenters. The molecule has 1 aromatic rings. The minimum absolute atomic E-state index is 0.0264.